The quantitative estimate of drug-likeness (QED) is 0.913. The molecule has 2 unspecified atom stereocenters. The molecule has 0 aliphatic carbocycles. The summed E-state index contributed by atoms with van der Waals surface area (Å²) in [6, 6.07) is 4.47. The molecule has 1 aliphatic heterocycles. The normalized spacial score (nSPS) is 26.4. The molecule has 0 amide bonds. The van der Waals surface area contributed by atoms with Crippen molar-refractivity contribution >= 4 is 33.2 Å². The zero-order valence-electron chi connectivity index (χ0n) is 10.6. The first-order valence-electron chi connectivity index (χ1n) is 6.21. The maximum absolute atomic E-state index is 11.4. The molecule has 2 atom stereocenters. The predicted octanol–water partition coefficient (Wildman–Crippen LogP) is 3.76. The summed E-state index contributed by atoms with van der Waals surface area (Å²) in [5.41, 5.74) is -0.539. The minimum Gasteiger partial charge on any atom is -0.481 e. The van der Waals surface area contributed by atoms with E-state index in [2.05, 4.69) is 39.9 Å². The van der Waals surface area contributed by atoms with E-state index in [1.54, 1.807) is 11.3 Å². The molecule has 1 N–H and O–H groups in total. The molecule has 0 spiro atoms. The maximum atomic E-state index is 11.4. The Hall–Kier alpha value is -0.390. The molecule has 0 radical (unpaired) electrons. The highest BCUT2D eigenvalue weighted by Crippen LogP contribution is 2.40. The van der Waals surface area contributed by atoms with E-state index in [0.29, 0.717) is 19.0 Å². The fraction of sp³-hybridized carbons (Fsp3) is 0.615. The number of nitrogens with zero attached hydrogens (tertiary/aromatic N) is 1. The van der Waals surface area contributed by atoms with Gasteiger partial charge in [0, 0.05) is 17.5 Å². The molecule has 100 valence electrons. The van der Waals surface area contributed by atoms with Crippen molar-refractivity contribution in [1.29, 1.82) is 0 Å². The van der Waals surface area contributed by atoms with Crippen LogP contribution in [0.15, 0.2) is 15.9 Å². The number of carbonyl (C=O) groups is 1. The summed E-state index contributed by atoms with van der Waals surface area (Å²) >= 11 is 5.20. The molecule has 5 heteroatoms. The Labute approximate surface area is 120 Å². The summed E-state index contributed by atoms with van der Waals surface area (Å²) in [6.07, 6.45) is 1.47. The lowest BCUT2D eigenvalue weighted by atomic mass is 9.84. The van der Waals surface area contributed by atoms with Gasteiger partial charge in [-0.25, -0.2) is 0 Å². The van der Waals surface area contributed by atoms with Gasteiger partial charge in [0.25, 0.3) is 0 Å². The summed E-state index contributed by atoms with van der Waals surface area (Å²) in [6.45, 7) is 5.67. The van der Waals surface area contributed by atoms with E-state index in [-0.39, 0.29) is 0 Å². The first-order chi connectivity index (χ1) is 8.48. The lowest BCUT2D eigenvalue weighted by Crippen LogP contribution is -2.34. The van der Waals surface area contributed by atoms with Crippen LogP contribution in [-0.4, -0.2) is 29.1 Å². The molecule has 2 rings (SSSR count). The van der Waals surface area contributed by atoms with Gasteiger partial charge in [-0.3, -0.25) is 9.69 Å². The van der Waals surface area contributed by atoms with Crippen molar-refractivity contribution in [2.24, 2.45) is 5.41 Å². The number of halogens is 1. The van der Waals surface area contributed by atoms with Crippen LogP contribution in [0.3, 0.4) is 0 Å². The van der Waals surface area contributed by atoms with Crippen molar-refractivity contribution in [1.82, 2.24) is 4.90 Å². The van der Waals surface area contributed by atoms with E-state index >= 15 is 0 Å². The molecular weight excluding hydrogens is 314 g/mol. The largest absolute Gasteiger partial charge is 0.481 e. The van der Waals surface area contributed by atoms with Gasteiger partial charge in [-0.05, 0) is 54.4 Å². The van der Waals surface area contributed by atoms with Gasteiger partial charge in [0.1, 0.15) is 0 Å². The molecule has 1 aromatic heterocycles. The average molecular weight is 332 g/mol. The standard InChI is InChI=1S/C13H18BrNO2S/c1-3-13(12(16)17)6-7-15(8-13)9(2)10-4-5-11(14)18-10/h4-5,9H,3,6-8H2,1-2H3,(H,16,17). The second-order valence-corrected chi connectivity index (χ2v) is 7.47. The Morgan fingerprint density at radius 3 is 2.83 bits per heavy atom. The third-order valence-electron chi connectivity index (χ3n) is 4.07. The molecule has 1 aromatic rings. The number of thiophene rings is 1. The molecule has 2 heterocycles. The highest BCUT2D eigenvalue weighted by atomic mass is 79.9. The van der Waals surface area contributed by atoms with Gasteiger partial charge < -0.3 is 5.11 Å². The van der Waals surface area contributed by atoms with Crippen molar-refractivity contribution in [3.8, 4) is 0 Å². The fourth-order valence-corrected chi connectivity index (χ4v) is 4.09. The number of hydrogen-bond acceptors (Lipinski definition) is 3. The van der Waals surface area contributed by atoms with Gasteiger partial charge in [0.15, 0.2) is 0 Å². The number of hydrogen-bond donors (Lipinski definition) is 1. The maximum Gasteiger partial charge on any atom is 0.310 e. The van der Waals surface area contributed by atoms with Crippen LogP contribution in [0.5, 0.6) is 0 Å². The number of aliphatic carboxylic acids is 1. The van der Waals surface area contributed by atoms with E-state index in [4.69, 9.17) is 0 Å². The first-order valence-corrected chi connectivity index (χ1v) is 7.82. The van der Waals surface area contributed by atoms with Gasteiger partial charge in [-0.1, -0.05) is 6.92 Å². The lowest BCUT2D eigenvalue weighted by molar-refractivity contribution is -0.148. The van der Waals surface area contributed by atoms with E-state index < -0.39 is 11.4 Å². The first kappa shape index (κ1) is 14.0. The highest BCUT2D eigenvalue weighted by Gasteiger charge is 2.44. The van der Waals surface area contributed by atoms with Crippen LogP contribution in [0.1, 0.15) is 37.6 Å². The van der Waals surface area contributed by atoms with Gasteiger partial charge >= 0.3 is 5.97 Å². The van der Waals surface area contributed by atoms with Crippen molar-refractivity contribution in [3.63, 3.8) is 0 Å². The summed E-state index contributed by atoms with van der Waals surface area (Å²) < 4.78 is 1.13. The predicted molar refractivity (Wildman–Crippen MR) is 77.0 cm³/mol. The van der Waals surface area contributed by atoms with Crippen LogP contribution < -0.4 is 0 Å². The van der Waals surface area contributed by atoms with Crippen LogP contribution in [0.2, 0.25) is 0 Å². The van der Waals surface area contributed by atoms with E-state index in [0.717, 1.165) is 16.8 Å². The topological polar surface area (TPSA) is 40.5 Å². The number of carboxylic acid groups (broad SMARTS) is 1. The van der Waals surface area contributed by atoms with Crippen LogP contribution in [0, 0.1) is 5.41 Å². The van der Waals surface area contributed by atoms with E-state index in [1.165, 1.54) is 4.88 Å². The summed E-state index contributed by atoms with van der Waals surface area (Å²) in [7, 11) is 0. The average Bonchev–Trinajstić information content (AvgIpc) is 2.95. The molecule has 18 heavy (non-hydrogen) atoms. The molecule has 1 fully saturated rings. The number of carboxylic acids is 1. The van der Waals surface area contributed by atoms with Gasteiger partial charge in [0.2, 0.25) is 0 Å². The van der Waals surface area contributed by atoms with Crippen LogP contribution >= 0.6 is 27.3 Å². The third-order valence-corrected chi connectivity index (χ3v) is 5.86. The summed E-state index contributed by atoms with van der Waals surface area (Å²) in [5, 5.41) is 9.41. The molecule has 0 saturated carbocycles. The monoisotopic (exact) mass is 331 g/mol. The zero-order chi connectivity index (χ0) is 13.3. The molecule has 3 nitrogen and oxygen atoms in total. The number of likely N-dealkylation sites (tertiary alicyclic amines) is 1. The van der Waals surface area contributed by atoms with Crippen LogP contribution in [-0.2, 0) is 4.79 Å². The SMILES string of the molecule is CCC1(C(=O)O)CCN(C(C)c2ccc(Br)s2)C1. The summed E-state index contributed by atoms with van der Waals surface area (Å²) in [5.74, 6) is -0.646. The van der Waals surface area contributed by atoms with Crippen LogP contribution in [0.25, 0.3) is 0 Å². The van der Waals surface area contributed by atoms with Gasteiger partial charge in [-0.15, -0.1) is 11.3 Å². The van der Waals surface area contributed by atoms with Crippen molar-refractivity contribution in [3.05, 3.63) is 20.8 Å². The Balaban J connectivity index is 2.11. The molecule has 1 aliphatic rings. The second kappa shape index (κ2) is 5.31. The van der Waals surface area contributed by atoms with Gasteiger partial charge in [-0.2, -0.15) is 0 Å². The minimum absolute atomic E-state index is 0.300. The smallest absolute Gasteiger partial charge is 0.310 e. The van der Waals surface area contributed by atoms with E-state index in [1.807, 2.05) is 6.92 Å². The molecule has 0 aromatic carbocycles. The lowest BCUT2D eigenvalue weighted by Gasteiger charge is -2.26. The van der Waals surface area contributed by atoms with Gasteiger partial charge in [0.05, 0.1) is 9.20 Å². The molecular formula is C13H18BrNO2S. The third kappa shape index (κ3) is 2.49. The van der Waals surface area contributed by atoms with Crippen molar-refractivity contribution in [2.75, 3.05) is 13.1 Å². The Kier molecular flexibility index (Phi) is 4.14. The number of rotatable bonds is 4. The molecule has 1 saturated heterocycles. The Morgan fingerprint density at radius 1 is 1.67 bits per heavy atom. The van der Waals surface area contributed by atoms with Crippen molar-refractivity contribution in [2.45, 2.75) is 32.7 Å². The Bertz CT molecular complexity index is 448. The minimum atomic E-state index is -0.646. The fourth-order valence-electron chi connectivity index (χ4n) is 2.58. The molecule has 0 bridgehead atoms. The highest BCUT2D eigenvalue weighted by molar-refractivity contribution is 9.11. The second-order valence-electron chi connectivity index (χ2n) is 4.98. The van der Waals surface area contributed by atoms with E-state index in [9.17, 15) is 9.90 Å². The Morgan fingerprint density at radius 2 is 2.39 bits per heavy atom. The van der Waals surface area contributed by atoms with Crippen molar-refractivity contribution < 1.29 is 9.90 Å². The summed E-state index contributed by atoms with van der Waals surface area (Å²) in [4.78, 5) is 15.0. The zero-order valence-corrected chi connectivity index (χ0v) is 13.1. The van der Waals surface area contributed by atoms with Crippen LogP contribution in [0.4, 0.5) is 0 Å².